The summed E-state index contributed by atoms with van der Waals surface area (Å²) in [6.45, 7) is -0.0169. The Morgan fingerprint density at radius 3 is 2.73 bits per heavy atom. The first kappa shape index (κ1) is 11.9. The largest absolute Gasteiger partial charge is 0.396 e. The Morgan fingerprint density at radius 2 is 2.27 bits per heavy atom. The summed E-state index contributed by atoms with van der Waals surface area (Å²) in [6.07, 6.45) is 2.85. The van der Waals surface area contributed by atoms with E-state index in [-0.39, 0.29) is 13.1 Å². The van der Waals surface area contributed by atoms with Crippen molar-refractivity contribution < 1.29 is 17.2 Å². The highest BCUT2D eigenvalue weighted by Gasteiger charge is 2.22. The van der Waals surface area contributed by atoms with Gasteiger partial charge in [-0.2, -0.15) is 13.9 Å². The second-order valence-electron chi connectivity index (χ2n) is 2.74. The molecule has 0 amide bonds. The fraction of sp³-hybridized carbons (Fsp3) is 0.500. The number of alkyl halides is 2. The molecule has 1 rings (SSSR count). The summed E-state index contributed by atoms with van der Waals surface area (Å²) in [5.41, 5.74) is 5.77. The van der Waals surface area contributed by atoms with Crippen molar-refractivity contribution in [1.82, 2.24) is 14.5 Å². The summed E-state index contributed by atoms with van der Waals surface area (Å²) in [4.78, 5) is 0. The van der Waals surface area contributed by atoms with Crippen LogP contribution in [0.4, 0.5) is 14.5 Å². The molecular weight excluding hydrogens is 230 g/mol. The van der Waals surface area contributed by atoms with Gasteiger partial charge in [0.25, 0.3) is 10.0 Å². The van der Waals surface area contributed by atoms with Crippen molar-refractivity contribution in [3.63, 3.8) is 0 Å². The van der Waals surface area contributed by atoms with E-state index in [9.17, 15) is 17.2 Å². The van der Waals surface area contributed by atoms with Crippen LogP contribution < -0.4 is 10.5 Å². The quantitative estimate of drug-likeness (QED) is 0.733. The van der Waals surface area contributed by atoms with Crippen LogP contribution in [0.2, 0.25) is 0 Å². The highest BCUT2D eigenvalue weighted by molar-refractivity contribution is 7.89. The molecule has 15 heavy (non-hydrogen) atoms. The number of anilines is 1. The lowest BCUT2D eigenvalue weighted by atomic mass is 10.6. The third kappa shape index (κ3) is 3.44. The molecule has 6 nitrogen and oxygen atoms in total. The average Bonchev–Trinajstić information content (AvgIpc) is 2.51. The van der Waals surface area contributed by atoms with Crippen molar-refractivity contribution in [2.75, 3.05) is 12.3 Å². The molecule has 0 bridgehead atoms. The van der Waals surface area contributed by atoms with Crippen molar-refractivity contribution in [3.05, 3.63) is 12.4 Å². The van der Waals surface area contributed by atoms with Gasteiger partial charge in [-0.15, -0.1) is 0 Å². The smallest absolute Gasteiger partial charge is 0.350 e. The second kappa shape index (κ2) is 4.53. The fourth-order valence-electron chi connectivity index (χ4n) is 0.867. The van der Waals surface area contributed by atoms with Crippen molar-refractivity contribution in [3.8, 4) is 0 Å². The minimum atomic E-state index is -4.52. The van der Waals surface area contributed by atoms with Crippen molar-refractivity contribution in [2.45, 2.75) is 12.3 Å². The molecule has 0 aliphatic heterocycles. The number of rotatable bonds is 5. The molecule has 0 fully saturated rings. The minimum absolute atomic E-state index is 0.142. The predicted molar refractivity (Wildman–Crippen MR) is 49.6 cm³/mol. The Labute approximate surface area is 85.1 Å². The van der Waals surface area contributed by atoms with Gasteiger partial charge < -0.3 is 5.73 Å². The van der Waals surface area contributed by atoms with Gasteiger partial charge >= 0.3 is 5.76 Å². The number of nitrogens with one attached hydrogen (secondary N) is 1. The molecule has 1 heterocycles. The SMILES string of the molecule is Nc1cnn(CCNS(=O)(=O)C(F)F)c1. The van der Waals surface area contributed by atoms with Crippen LogP contribution in [-0.2, 0) is 16.6 Å². The zero-order valence-corrected chi connectivity index (χ0v) is 8.42. The van der Waals surface area contributed by atoms with Crippen molar-refractivity contribution in [2.24, 2.45) is 0 Å². The molecular formula is C6H10F2N4O2S. The molecule has 3 N–H and O–H groups in total. The monoisotopic (exact) mass is 240 g/mol. The summed E-state index contributed by atoms with van der Waals surface area (Å²) in [5, 5.41) is 3.75. The third-order valence-electron chi connectivity index (χ3n) is 1.53. The Bertz CT molecular complexity index is 417. The van der Waals surface area contributed by atoms with Gasteiger partial charge in [-0.3, -0.25) is 4.68 Å². The summed E-state index contributed by atoms with van der Waals surface area (Å²) in [7, 11) is -4.52. The molecule has 0 aromatic carbocycles. The standard InChI is InChI=1S/C6H10F2N4O2S/c7-6(8)15(13,14)11-1-2-12-4-5(9)3-10-12/h3-4,6,11H,1-2,9H2. The van der Waals surface area contributed by atoms with E-state index in [4.69, 9.17) is 5.73 Å². The van der Waals surface area contributed by atoms with Crippen LogP contribution >= 0.6 is 0 Å². The number of hydrogen-bond acceptors (Lipinski definition) is 4. The Balaban J connectivity index is 2.40. The Kier molecular flexibility index (Phi) is 3.58. The molecule has 0 saturated heterocycles. The van der Waals surface area contributed by atoms with Gasteiger partial charge in [0.2, 0.25) is 0 Å². The van der Waals surface area contributed by atoms with E-state index in [1.807, 2.05) is 0 Å². The predicted octanol–water partition coefficient (Wildman–Crippen LogP) is -0.393. The normalized spacial score (nSPS) is 12.2. The number of nitrogens with two attached hydrogens (primary N) is 1. The average molecular weight is 240 g/mol. The molecule has 1 aromatic rings. The Hall–Kier alpha value is -1.22. The summed E-state index contributed by atoms with van der Waals surface area (Å²) < 4.78 is 48.0. The first-order valence-electron chi connectivity index (χ1n) is 3.96. The maximum absolute atomic E-state index is 11.8. The second-order valence-corrected chi connectivity index (χ2v) is 4.47. The molecule has 0 spiro atoms. The zero-order chi connectivity index (χ0) is 11.5. The van der Waals surface area contributed by atoms with E-state index in [2.05, 4.69) is 5.10 Å². The maximum Gasteiger partial charge on any atom is 0.350 e. The number of nitrogen functional groups attached to an aromatic ring is 1. The highest BCUT2D eigenvalue weighted by atomic mass is 32.2. The fourth-order valence-corrected chi connectivity index (χ4v) is 1.37. The lowest BCUT2D eigenvalue weighted by Crippen LogP contribution is -2.32. The van der Waals surface area contributed by atoms with Gasteiger partial charge in [0, 0.05) is 12.7 Å². The van der Waals surface area contributed by atoms with Crippen LogP contribution in [0.5, 0.6) is 0 Å². The van der Waals surface area contributed by atoms with E-state index in [1.165, 1.54) is 17.1 Å². The van der Waals surface area contributed by atoms with Gasteiger partial charge in [-0.25, -0.2) is 13.1 Å². The van der Waals surface area contributed by atoms with Crippen LogP contribution in [-0.4, -0.2) is 30.5 Å². The first-order chi connectivity index (χ1) is 6.92. The van der Waals surface area contributed by atoms with E-state index in [1.54, 1.807) is 4.72 Å². The number of hydrogen-bond donors (Lipinski definition) is 2. The number of halogens is 2. The maximum atomic E-state index is 11.8. The Morgan fingerprint density at radius 1 is 1.60 bits per heavy atom. The summed E-state index contributed by atoms with van der Waals surface area (Å²) >= 11 is 0. The molecule has 0 aliphatic rings. The number of sulfonamides is 1. The molecule has 0 atom stereocenters. The van der Waals surface area contributed by atoms with E-state index in [0.717, 1.165) is 0 Å². The van der Waals surface area contributed by atoms with Gasteiger partial charge in [0.1, 0.15) is 0 Å². The molecule has 0 aliphatic carbocycles. The molecule has 1 aromatic heterocycles. The van der Waals surface area contributed by atoms with Gasteiger partial charge in [0.15, 0.2) is 0 Å². The van der Waals surface area contributed by atoms with Crippen LogP contribution in [0.15, 0.2) is 12.4 Å². The first-order valence-corrected chi connectivity index (χ1v) is 5.51. The number of aromatic nitrogens is 2. The summed E-state index contributed by atoms with van der Waals surface area (Å²) in [5.74, 6) is -3.42. The molecule has 0 unspecified atom stereocenters. The third-order valence-corrected chi connectivity index (χ3v) is 2.61. The van der Waals surface area contributed by atoms with Crippen LogP contribution in [0, 0.1) is 0 Å². The highest BCUT2D eigenvalue weighted by Crippen LogP contribution is 2.01. The minimum Gasteiger partial charge on any atom is -0.396 e. The van der Waals surface area contributed by atoms with Crippen LogP contribution in [0.1, 0.15) is 0 Å². The number of nitrogens with zero attached hydrogens (tertiary/aromatic N) is 2. The molecule has 9 heteroatoms. The summed E-state index contributed by atoms with van der Waals surface area (Å²) in [6, 6.07) is 0. The topological polar surface area (TPSA) is 90.0 Å². The van der Waals surface area contributed by atoms with E-state index < -0.39 is 15.8 Å². The van der Waals surface area contributed by atoms with Crippen LogP contribution in [0.3, 0.4) is 0 Å². The van der Waals surface area contributed by atoms with Crippen LogP contribution in [0.25, 0.3) is 0 Å². The van der Waals surface area contributed by atoms with Gasteiger partial charge in [-0.1, -0.05) is 0 Å². The van der Waals surface area contributed by atoms with Crippen molar-refractivity contribution in [1.29, 1.82) is 0 Å². The molecule has 86 valence electrons. The molecule has 0 radical (unpaired) electrons. The lowest BCUT2D eigenvalue weighted by molar-refractivity contribution is 0.232. The molecule has 0 saturated carbocycles. The zero-order valence-electron chi connectivity index (χ0n) is 7.60. The van der Waals surface area contributed by atoms with Crippen molar-refractivity contribution >= 4 is 15.7 Å². The van der Waals surface area contributed by atoms with Gasteiger partial charge in [-0.05, 0) is 0 Å². The van der Waals surface area contributed by atoms with E-state index in [0.29, 0.717) is 5.69 Å². The van der Waals surface area contributed by atoms with Gasteiger partial charge in [0.05, 0.1) is 18.4 Å². The lowest BCUT2D eigenvalue weighted by Gasteiger charge is -2.05. The van der Waals surface area contributed by atoms with E-state index >= 15 is 0 Å².